The molecule has 6 heteroatoms. The van der Waals surface area contributed by atoms with Crippen molar-refractivity contribution in [1.82, 2.24) is 9.88 Å². The van der Waals surface area contributed by atoms with Crippen LogP contribution in [0.4, 0.5) is 5.69 Å². The van der Waals surface area contributed by atoms with Gasteiger partial charge in [-0.05, 0) is 18.9 Å². The average molecular weight is 291 g/mol. The maximum atomic E-state index is 12.5. The molecule has 0 bridgehead atoms. The number of pyridine rings is 1. The number of fused-ring (bicyclic) bond motifs is 1. The van der Waals surface area contributed by atoms with E-state index in [-0.39, 0.29) is 12.0 Å². The van der Waals surface area contributed by atoms with Gasteiger partial charge in [0.15, 0.2) is 0 Å². The zero-order chi connectivity index (χ0) is 14.1. The predicted octanol–water partition coefficient (Wildman–Crippen LogP) is 2.13. The summed E-state index contributed by atoms with van der Waals surface area (Å²) in [5.41, 5.74) is 6.64. The highest BCUT2D eigenvalue weighted by molar-refractivity contribution is 7.21. The molecule has 1 aliphatic rings. The predicted molar refractivity (Wildman–Crippen MR) is 80.0 cm³/mol. The lowest BCUT2D eigenvalue weighted by atomic mass is 10.2. The number of nitrogens with zero attached hydrogens (tertiary/aromatic N) is 2. The number of amides is 1. The van der Waals surface area contributed by atoms with Crippen LogP contribution < -0.4 is 5.73 Å². The number of carbonyl (C=O) groups is 1. The van der Waals surface area contributed by atoms with Gasteiger partial charge in [0.1, 0.15) is 4.88 Å². The Hall–Kier alpha value is -1.66. The van der Waals surface area contributed by atoms with E-state index in [1.165, 1.54) is 11.3 Å². The van der Waals surface area contributed by atoms with E-state index in [1.54, 1.807) is 24.3 Å². The van der Waals surface area contributed by atoms with Crippen LogP contribution in [-0.4, -0.2) is 42.1 Å². The van der Waals surface area contributed by atoms with Crippen LogP contribution in [0.2, 0.25) is 0 Å². The molecule has 1 atom stereocenters. The van der Waals surface area contributed by atoms with E-state index >= 15 is 0 Å². The molecule has 2 N–H and O–H groups in total. The molecule has 1 saturated heterocycles. The first-order valence-corrected chi connectivity index (χ1v) is 7.47. The molecule has 2 aromatic rings. The molecule has 0 aromatic carbocycles. The molecule has 0 saturated carbocycles. The summed E-state index contributed by atoms with van der Waals surface area (Å²) in [6, 6.07) is 1.85. The van der Waals surface area contributed by atoms with E-state index in [2.05, 4.69) is 4.98 Å². The molecule has 106 valence electrons. The van der Waals surface area contributed by atoms with Crippen LogP contribution in [0.5, 0.6) is 0 Å². The van der Waals surface area contributed by atoms with Gasteiger partial charge in [-0.1, -0.05) is 0 Å². The third-order valence-corrected chi connectivity index (χ3v) is 4.72. The highest BCUT2D eigenvalue weighted by atomic mass is 32.1. The van der Waals surface area contributed by atoms with Gasteiger partial charge in [-0.25, -0.2) is 0 Å². The first-order chi connectivity index (χ1) is 9.66. The minimum absolute atomic E-state index is 0.0424. The molecule has 1 unspecified atom stereocenters. The Labute approximate surface area is 121 Å². The Morgan fingerprint density at radius 3 is 3.20 bits per heavy atom. The van der Waals surface area contributed by atoms with Crippen LogP contribution in [0, 0.1) is 0 Å². The van der Waals surface area contributed by atoms with Gasteiger partial charge >= 0.3 is 0 Å². The summed E-state index contributed by atoms with van der Waals surface area (Å²) in [4.78, 5) is 18.9. The number of nitrogen functional groups attached to an aromatic ring is 1. The third-order valence-electron chi connectivity index (χ3n) is 3.57. The van der Waals surface area contributed by atoms with E-state index < -0.39 is 0 Å². The lowest BCUT2D eigenvalue weighted by molar-refractivity contribution is 0.0591. The number of thiophene rings is 1. The summed E-state index contributed by atoms with van der Waals surface area (Å²) in [5, 5.41) is 0.902. The number of nitrogens with two attached hydrogens (primary N) is 1. The highest BCUT2D eigenvalue weighted by Gasteiger charge is 2.24. The first kappa shape index (κ1) is 13.3. The lowest BCUT2D eigenvalue weighted by Gasteiger charge is -2.20. The Balaban J connectivity index is 1.82. The van der Waals surface area contributed by atoms with Crippen molar-refractivity contribution >= 4 is 33.0 Å². The molecule has 1 amide bonds. The highest BCUT2D eigenvalue weighted by Crippen LogP contribution is 2.33. The fourth-order valence-electron chi connectivity index (χ4n) is 2.48. The van der Waals surface area contributed by atoms with Crippen LogP contribution in [0.25, 0.3) is 10.1 Å². The Bertz CT molecular complexity index is 634. The smallest absolute Gasteiger partial charge is 0.265 e. The molecule has 5 nitrogen and oxygen atoms in total. The van der Waals surface area contributed by atoms with Crippen LogP contribution in [-0.2, 0) is 4.74 Å². The topological polar surface area (TPSA) is 68.5 Å². The van der Waals surface area contributed by atoms with Crippen LogP contribution in [0.1, 0.15) is 22.5 Å². The fraction of sp³-hybridized carbons (Fsp3) is 0.429. The quantitative estimate of drug-likeness (QED) is 0.940. The average Bonchev–Trinajstić information content (AvgIpc) is 3.07. The molecule has 20 heavy (non-hydrogen) atoms. The molecule has 0 aliphatic carbocycles. The van der Waals surface area contributed by atoms with Crippen LogP contribution >= 0.6 is 11.3 Å². The van der Waals surface area contributed by atoms with Gasteiger partial charge in [-0.3, -0.25) is 9.78 Å². The van der Waals surface area contributed by atoms with E-state index in [1.807, 2.05) is 6.07 Å². The van der Waals surface area contributed by atoms with Crippen molar-refractivity contribution in [3.63, 3.8) is 0 Å². The van der Waals surface area contributed by atoms with E-state index in [0.29, 0.717) is 17.1 Å². The summed E-state index contributed by atoms with van der Waals surface area (Å²) in [5.74, 6) is -0.0424. The molecular weight excluding hydrogens is 274 g/mol. The molecule has 1 fully saturated rings. The molecule has 2 aromatic heterocycles. The van der Waals surface area contributed by atoms with Gasteiger partial charge in [-0.15, -0.1) is 11.3 Å². The van der Waals surface area contributed by atoms with Gasteiger partial charge in [0.05, 0.1) is 16.5 Å². The first-order valence-electron chi connectivity index (χ1n) is 6.66. The van der Waals surface area contributed by atoms with Gasteiger partial charge in [-0.2, -0.15) is 0 Å². The van der Waals surface area contributed by atoms with Crippen molar-refractivity contribution in [2.45, 2.75) is 18.9 Å². The Morgan fingerprint density at radius 1 is 1.65 bits per heavy atom. The minimum atomic E-state index is -0.0424. The second-order valence-corrected chi connectivity index (χ2v) is 6.09. The van der Waals surface area contributed by atoms with E-state index in [0.717, 1.165) is 29.5 Å². The van der Waals surface area contributed by atoms with Gasteiger partial charge in [0.2, 0.25) is 0 Å². The summed E-state index contributed by atoms with van der Waals surface area (Å²) in [7, 11) is 1.80. The normalized spacial score (nSPS) is 18.6. The molecule has 3 heterocycles. The number of aromatic nitrogens is 1. The lowest BCUT2D eigenvalue weighted by Crippen LogP contribution is -2.33. The van der Waals surface area contributed by atoms with Gasteiger partial charge < -0.3 is 15.4 Å². The second kappa shape index (κ2) is 5.38. The summed E-state index contributed by atoms with van der Waals surface area (Å²) >= 11 is 1.40. The number of hydrogen-bond acceptors (Lipinski definition) is 5. The Morgan fingerprint density at radius 2 is 2.50 bits per heavy atom. The summed E-state index contributed by atoms with van der Waals surface area (Å²) in [6.45, 7) is 1.41. The zero-order valence-corrected chi connectivity index (χ0v) is 12.2. The van der Waals surface area contributed by atoms with Crippen molar-refractivity contribution < 1.29 is 9.53 Å². The standard InChI is InChI=1S/C14H17N3O2S/c1-17(8-9-3-2-6-19-9)14(18)13-12(15)10-4-5-16-7-11(10)20-13/h4-5,7,9H,2-3,6,8,15H2,1H3. The number of carbonyl (C=O) groups excluding carboxylic acids is 1. The fourth-order valence-corrected chi connectivity index (χ4v) is 3.56. The van der Waals surface area contributed by atoms with Crippen molar-refractivity contribution in [3.05, 3.63) is 23.3 Å². The number of anilines is 1. The van der Waals surface area contributed by atoms with Crippen molar-refractivity contribution in [2.75, 3.05) is 25.9 Å². The van der Waals surface area contributed by atoms with Gasteiger partial charge in [0, 0.05) is 38.0 Å². The van der Waals surface area contributed by atoms with Crippen molar-refractivity contribution in [1.29, 1.82) is 0 Å². The van der Waals surface area contributed by atoms with Crippen LogP contribution in [0.3, 0.4) is 0 Å². The van der Waals surface area contributed by atoms with E-state index in [9.17, 15) is 4.79 Å². The summed E-state index contributed by atoms with van der Waals surface area (Å²) < 4.78 is 6.51. The molecule has 3 rings (SSSR count). The van der Waals surface area contributed by atoms with Crippen LogP contribution in [0.15, 0.2) is 18.5 Å². The monoisotopic (exact) mass is 291 g/mol. The minimum Gasteiger partial charge on any atom is -0.397 e. The number of ether oxygens (including phenoxy) is 1. The largest absolute Gasteiger partial charge is 0.397 e. The molecular formula is C14H17N3O2S. The Kier molecular flexibility index (Phi) is 3.58. The maximum Gasteiger partial charge on any atom is 0.265 e. The van der Waals surface area contributed by atoms with Crippen molar-refractivity contribution in [2.24, 2.45) is 0 Å². The SMILES string of the molecule is CN(CC1CCCO1)C(=O)c1sc2cnccc2c1N. The van der Waals surface area contributed by atoms with Gasteiger partial charge in [0.25, 0.3) is 5.91 Å². The molecule has 1 aliphatic heterocycles. The zero-order valence-electron chi connectivity index (χ0n) is 11.3. The maximum absolute atomic E-state index is 12.5. The van der Waals surface area contributed by atoms with Crippen molar-refractivity contribution in [3.8, 4) is 0 Å². The van der Waals surface area contributed by atoms with E-state index in [4.69, 9.17) is 10.5 Å². The number of rotatable bonds is 3. The second-order valence-electron chi connectivity index (χ2n) is 5.04. The molecule has 0 radical (unpaired) electrons. The summed E-state index contributed by atoms with van der Waals surface area (Å²) in [6.07, 6.45) is 5.68. The number of likely N-dealkylation sites (N-methyl/N-ethyl adjacent to an activating group) is 1. The molecule has 0 spiro atoms. The number of hydrogen-bond donors (Lipinski definition) is 1. The third kappa shape index (κ3) is 2.36.